The standard InChI is InChI=1S/C20H25BrN4O2/c21-17-4-6-18(7-5-17)27-15-25-11-8-19(22-25)20(26)24-10-1-9-23(12-13-24)14-16-2-3-16/h4-8,11,16H,1-3,9-10,12-15H2. The molecular weight excluding hydrogens is 408 g/mol. The molecule has 0 unspecified atom stereocenters. The van der Waals surface area contributed by atoms with Crippen LogP contribution in [-0.4, -0.2) is 58.2 Å². The smallest absolute Gasteiger partial charge is 0.274 e. The summed E-state index contributed by atoms with van der Waals surface area (Å²) in [6, 6.07) is 9.42. The predicted octanol–water partition coefficient (Wildman–Crippen LogP) is 3.24. The lowest BCUT2D eigenvalue weighted by Gasteiger charge is -2.21. The first-order valence-corrected chi connectivity index (χ1v) is 10.4. The van der Waals surface area contributed by atoms with E-state index >= 15 is 0 Å². The molecule has 1 saturated carbocycles. The van der Waals surface area contributed by atoms with Gasteiger partial charge >= 0.3 is 0 Å². The molecule has 1 aromatic heterocycles. The van der Waals surface area contributed by atoms with Crippen LogP contribution in [0.25, 0.3) is 0 Å². The third-order valence-corrected chi connectivity index (χ3v) is 5.65. The molecule has 7 heteroatoms. The highest BCUT2D eigenvalue weighted by Crippen LogP contribution is 2.30. The van der Waals surface area contributed by atoms with Crippen LogP contribution in [0.1, 0.15) is 29.8 Å². The number of benzene rings is 1. The monoisotopic (exact) mass is 432 g/mol. The highest BCUT2D eigenvalue weighted by molar-refractivity contribution is 9.10. The highest BCUT2D eigenvalue weighted by atomic mass is 79.9. The molecule has 0 spiro atoms. The summed E-state index contributed by atoms with van der Waals surface area (Å²) >= 11 is 3.40. The van der Waals surface area contributed by atoms with E-state index in [0.29, 0.717) is 5.69 Å². The third kappa shape index (κ3) is 5.11. The minimum Gasteiger partial charge on any atom is -0.471 e. The molecule has 144 valence electrons. The quantitative estimate of drug-likeness (QED) is 0.702. The van der Waals surface area contributed by atoms with E-state index in [1.807, 2.05) is 29.2 Å². The Bertz CT molecular complexity index is 773. The molecule has 2 aliphatic rings. The second-order valence-corrected chi connectivity index (χ2v) is 8.27. The summed E-state index contributed by atoms with van der Waals surface area (Å²) in [6.07, 6.45) is 5.58. The summed E-state index contributed by atoms with van der Waals surface area (Å²) in [7, 11) is 0. The van der Waals surface area contributed by atoms with Gasteiger partial charge < -0.3 is 14.5 Å². The molecule has 0 radical (unpaired) electrons. The summed E-state index contributed by atoms with van der Waals surface area (Å²) in [4.78, 5) is 17.3. The summed E-state index contributed by atoms with van der Waals surface area (Å²) in [5.74, 6) is 1.68. The summed E-state index contributed by atoms with van der Waals surface area (Å²) in [5, 5.41) is 4.40. The van der Waals surface area contributed by atoms with Gasteiger partial charge in [0.15, 0.2) is 12.4 Å². The molecule has 4 rings (SSSR count). The van der Waals surface area contributed by atoms with Gasteiger partial charge in [-0.05, 0) is 62.1 Å². The maximum atomic E-state index is 12.8. The molecular formula is C20H25BrN4O2. The van der Waals surface area contributed by atoms with Gasteiger partial charge in [0, 0.05) is 36.8 Å². The van der Waals surface area contributed by atoms with Gasteiger partial charge in [0.05, 0.1) is 0 Å². The van der Waals surface area contributed by atoms with E-state index in [0.717, 1.165) is 48.7 Å². The Kier molecular flexibility index (Phi) is 5.78. The number of rotatable bonds is 6. The van der Waals surface area contributed by atoms with Crippen LogP contribution in [0.2, 0.25) is 0 Å². The maximum Gasteiger partial charge on any atom is 0.274 e. The lowest BCUT2D eigenvalue weighted by atomic mass is 10.3. The normalized spacial score (nSPS) is 18.3. The van der Waals surface area contributed by atoms with Crippen molar-refractivity contribution < 1.29 is 9.53 Å². The number of ether oxygens (including phenoxy) is 1. The van der Waals surface area contributed by atoms with Crippen LogP contribution in [0.5, 0.6) is 5.75 Å². The van der Waals surface area contributed by atoms with Gasteiger partial charge in [0.25, 0.3) is 5.91 Å². The second kappa shape index (κ2) is 8.44. The minimum atomic E-state index is 0.0191. The summed E-state index contributed by atoms with van der Waals surface area (Å²) < 4.78 is 8.38. The zero-order valence-corrected chi connectivity index (χ0v) is 17.0. The summed E-state index contributed by atoms with van der Waals surface area (Å²) in [5.41, 5.74) is 0.491. The van der Waals surface area contributed by atoms with Crippen molar-refractivity contribution in [3.8, 4) is 5.75 Å². The predicted molar refractivity (Wildman–Crippen MR) is 107 cm³/mol. The molecule has 1 amide bonds. The van der Waals surface area contributed by atoms with Crippen molar-refractivity contribution in [2.75, 3.05) is 32.7 Å². The summed E-state index contributed by atoms with van der Waals surface area (Å²) in [6.45, 7) is 5.13. The van der Waals surface area contributed by atoms with Crippen molar-refractivity contribution in [3.63, 3.8) is 0 Å². The minimum absolute atomic E-state index is 0.0191. The number of amides is 1. The molecule has 0 bridgehead atoms. The van der Waals surface area contributed by atoms with Gasteiger partial charge in [-0.2, -0.15) is 5.10 Å². The Hall–Kier alpha value is -1.86. The largest absolute Gasteiger partial charge is 0.471 e. The average molecular weight is 433 g/mol. The first kappa shape index (κ1) is 18.5. The molecule has 1 aliphatic carbocycles. The van der Waals surface area contributed by atoms with Gasteiger partial charge in [0.1, 0.15) is 5.75 Å². The van der Waals surface area contributed by atoms with E-state index in [4.69, 9.17) is 4.74 Å². The Labute approximate surface area is 168 Å². The Morgan fingerprint density at radius 2 is 1.93 bits per heavy atom. The SMILES string of the molecule is O=C(c1ccn(COc2ccc(Br)cc2)n1)N1CCCN(CC2CC2)CC1. The Morgan fingerprint density at radius 3 is 2.70 bits per heavy atom. The molecule has 2 aromatic rings. The van der Waals surface area contributed by atoms with Crippen LogP contribution in [0.4, 0.5) is 0 Å². The maximum absolute atomic E-state index is 12.8. The lowest BCUT2D eigenvalue weighted by molar-refractivity contribution is 0.0753. The number of carbonyl (C=O) groups is 1. The fourth-order valence-corrected chi connectivity index (χ4v) is 3.67. The van der Waals surface area contributed by atoms with Crippen LogP contribution >= 0.6 is 15.9 Å². The molecule has 0 atom stereocenters. The van der Waals surface area contributed by atoms with Crippen molar-refractivity contribution in [2.45, 2.75) is 26.0 Å². The van der Waals surface area contributed by atoms with E-state index in [-0.39, 0.29) is 12.6 Å². The fourth-order valence-electron chi connectivity index (χ4n) is 3.40. The first-order valence-electron chi connectivity index (χ1n) is 9.61. The van der Waals surface area contributed by atoms with Crippen LogP contribution in [-0.2, 0) is 6.73 Å². The number of hydrogen-bond donors (Lipinski definition) is 0. The Morgan fingerprint density at radius 1 is 1.11 bits per heavy atom. The van der Waals surface area contributed by atoms with Gasteiger partial charge in [-0.3, -0.25) is 4.79 Å². The highest BCUT2D eigenvalue weighted by Gasteiger charge is 2.27. The number of aromatic nitrogens is 2. The Balaban J connectivity index is 1.30. The number of halogens is 1. The van der Waals surface area contributed by atoms with Crippen LogP contribution in [0, 0.1) is 5.92 Å². The topological polar surface area (TPSA) is 50.6 Å². The first-order chi connectivity index (χ1) is 13.2. The van der Waals surface area contributed by atoms with Gasteiger partial charge in [-0.25, -0.2) is 4.68 Å². The molecule has 6 nitrogen and oxygen atoms in total. The number of hydrogen-bond acceptors (Lipinski definition) is 4. The van der Waals surface area contributed by atoms with Crippen molar-refractivity contribution in [1.82, 2.24) is 19.6 Å². The zero-order valence-electron chi connectivity index (χ0n) is 15.4. The molecule has 0 N–H and O–H groups in total. The second-order valence-electron chi connectivity index (χ2n) is 7.36. The van der Waals surface area contributed by atoms with E-state index in [9.17, 15) is 4.79 Å². The van der Waals surface area contributed by atoms with Crippen molar-refractivity contribution in [2.24, 2.45) is 5.92 Å². The fraction of sp³-hybridized carbons (Fsp3) is 0.500. The molecule has 2 heterocycles. The molecule has 27 heavy (non-hydrogen) atoms. The zero-order chi connectivity index (χ0) is 18.6. The van der Waals surface area contributed by atoms with E-state index < -0.39 is 0 Å². The average Bonchev–Trinajstić information content (AvgIpc) is 3.42. The third-order valence-electron chi connectivity index (χ3n) is 5.13. The van der Waals surface area contributed by atoms with Crippen molar-refractivity contribution in [1.29, 1.82) is 0 Å². The van der Waals surface area contributed by atoms with E-state index in [1.165, 1.54) is 19.4 Å². The molecule has 1 saturated heterocycles. The lowest BCUT2D eigenvalue weighted by Crippen LogP contribution is -2.36. The molecule has 1 aliphatic heterocycles. The van der Waals surface area contributed by atoms with Crippen LogP contribution < -0.4 is 4.74 Å². The van der Waals surface area contributed by atoms with Gasteiger partial charge in [-0.15, -0.1) is 0 Å². The van der Waals surface area contributed by atoms with E-state index in [2.05, 4.69) is 25.9 Å². The van der Waals surface area contributed by atoms with Crippen LogP contribution in [0.15, 0.2) is 41.0 Å². The number of carbonyl (C=O) groups excluding carboxylic acids is 1. The number of nitrogens with zero attached hydrogens (tertiary/aromatic N) is 4. The van der Waals surface area contributed by atoms with Gasteiger partial charge in [0.2, 0.25) is 0 Å². The van der Waals surface area contributed by atoms with Crippen molar-refractivity contribution in [3.05, 3.63) is 46.7 Å². The van der Waals surface area contributed by atoms with Crippen LogP contribution in [0.3, 0.4) is 0 Å². The van der Waals surface area contributed by atoms with Gasteiger partial charge in [-0.1, -0.05) is 15.9 Å². The molecule has 2 fully saturated rings. The van der Waals surface area contributed by atoms with E-state index in [1.54, 1.807) is 16.9 Å². The molecule has 1 aromatic carbocycles. The van der Waals surface area contributed by atoms with Crippen molar-refractivity contribution >= 4 is 21.8 Å².